The minimum atomic E-state index is 0.716. The van der Waals surface area contributed by atoms with E-state index in [1.165, 1.54) is 0 Å². The molecule has 15 heavy (non-hydrogen) atoms. The Bertz CT molecular complexity index is 453. The van der Waals surface area contributed by atoms with Crippen molar-refractivity contribution < 1.29 is 4.74 Å². The number of nitrogens with zero attached hydrogens (tertiary/aromatic N) is 1. The van der Waals surface area contributed by atoms with Crippen LogP contribution in [0.5, 0.6) is 5.75 Å². The van der Waals surface area contributed by atoms with Crippen LogP contribution >= 0.6 is 11.6 Å². The van der Waals surface area contributed by atoms with Crippen LogP contribution in [-0.4, -0.2) is 12.1 Å². The second-order valence-electron chi connectivity index (χ2n) is 3.06. The first-order chi connectivity index (χ1) is 7.31. The maximum atomic E-state index is 5.82. The third-order valence-corrected chi connectivity index (χ3v) is 2.36. The fourth-order valence-corrected chi connectivity index (χ4v) is 1.51. The van der Waals surface area contributed by atoms with Crippen molar-refractivity contribution in [3.63, 3.8) is 0 Å². The molecule has 0 saturated carbocycles. The van der Waals surface area contributed by atoms with Crippen molar-refractivity contribution in [2.24, 2.45) is 0 Å². The molecule has 0 amide bonds. The highest BCUT2D eigenvalue weighted by atomic mass is 35.5. The average Bonchev–Trinajstić information content (AvgIpc) is 2.30. The Kier molecular flexibility index (Phi) is 2.88. The largest absolute Gasteiger partial charge is 0.494 e. The first-order valence-corrected chi connectivity index (χ1v) is 4.94. The van der Waals surface area contributed by atoms with Gasteiger partial charge in [0.1, 0.15) is 11.4 Å². The third kappa shape index (κ3) is 2.10. The van der Waals surface area contributed by atoms with Crippen LogP contribution in [0.1, 0.15) is 0 Å². The van der Waals surface area contributed by atoms with Crippen molar-refractivity contribution in [3.8, 4) is 17.0 Å². The number of halogens is 1. The van der Waals surface area contributed by atoms with E-state index in [0.717, 1.165) is 17.0 Å². The topological polar surface area (TPSA) is 22.1 Å². The summed E-state index contributed by atoms with van der Waals surface area (Å²) in [5, 5.41) is 0.716. The van der Waals surface area contributed by atoms with Crippen molar-refractivity contribution in [3.05, 3.63) is 47.6 Å². The van der Waals surface area contributed by atoms with Crippen LogP contribution in [0.2, 0.25) is 5.02 Å². The van der Waals surface area contributed by atoms with Crippen molar-refractivity contribution in [1.82, 2.24) is 4.98 Å². The summed E-state index contributed by atoms with van der Waals surface area (Å²) in [4.78, 5) is 4.28. The molecule has 3 heteroatoms. The second-order valence-corrected chi connectivity index (χ2v) is 3.50. The Morgan fingerprint density at radius 1 is 1.13 bits per heavy atom. The van der Waals surface area contributed by atoms with E-state index in [2.05, 4.69) is 4.98 Å². The summed E-state index contributed by atoms with van der Waals surface area (Å²) in [6.07, 6.45) is 1.74. The quantitative estimate of drug-likeness (QED) is 0.772. The average molecular weight is 220 g/mol. The molecule has 1 aromatic carbocycles. The molecule has 0 spiro atoms. The van der Waals surface area contributed by atoms with E-state index in [4.69, 9.17) is 16.3 Å². The van der Waals surface area contributed by atoms with Crippen LogP contribution in [0.4, 0.5) is 0 Å². The molecule has 0 aliphatic rings. The Hall–Kier alpha value is -1.54. The van der Waals surface area contributed by atoms with Gasteiger partial charge < -0.3 is 4.74 Å². The van der Waals surface area contributed by atoms with Gasteiger partial charge in [-0.05, 0) is 24.3 Å². The van der Waals surface area contributed by atoms with Gasteiger partial charge in [0.2, 0.25) is 0 Å². The lowest BCUT2D eigenvalue weighted by Gasteiger charge is -2.06. The molecule has 1 heterocycles. The molecule has 0 atom stereocenters. The zero-order valence-corrected chi connectivity index (χ0v) is 9.03. The number of hydrogen-bond acceptors (Lipinski definition) is 2. The SMILES string of the molecule is COc1cccnc1-c1ccc(Cl)cc1. The van der Waals surface area contributed by atoms with Crippen LogP contribution in [-0.2, 0) is 0 Å². The monoisotopic (exact) mass is 219 g/mol. The molecule has 0 bridgehead atoms. The van der Waals surface area contributed by atoms with Crippen LogP contribution in [0, 0.1) is 0 Å². The normalized spacial score (nSPS) is 10.0. The second kappa shape index (κ2) is 4.32. The summed E-state index contributed by atoms with van der Waals surface area (Å²) in [6.45, 7) is 0. The molecule has 0 N–H and O–H groups in total. The van der Waals surface area contributed by atoms with Crippen LogP contribution < -0.4 is 4.74 Å². The van der Waals surface area contributed by atoms with Crippen LogP contribution in [0.25, 0.3) is 11.3 Å². The number of benzene rings is 1. The Morgan fingerprint density at radius 2 is 1.87 bits per heavy atom. The molecule has 0 aliphatic heterocycles. The van der Waals surface area contributed by atoms with Gasteiger partial charge in [-0.3, -0.25) is 4.98 Å². The number of methoxy groups -OCH3 is 1. The minimum absolute atomic E-state index is 0.716. The number of ether oxygens (including phenoxy) is 1. The first-order valence-electron chi connectivity index (χ1n) is 4.56. The molecule has 76 valence electrons. The predicted octanol–water partition coefficient (Wildman–Crippen LogP) is 3.41. The summed E-state index contributed by atoms with van der Waals surface area (Å²) in [5.41, 5.74) is 1.83. The molecule has 0 saturated heterocycles. The van der Waals surface area contributed by atoms with Gasteiger partial charge >= 0.3 is 0 Å². The summed E-state index contributed by atoms with van der Waals surface area (Å²) in [6, 6.07) is 11.3. The Labute approximate surface area is 93.5 Å². The standard InChI is InChI=1S/C12H10ClNO/c1-15-11-3-2-8-14-12(11)9-4-6-10(13)7-5-9/h2-8H,1H3. The highest BCUT2D eigenvalue weighted by Gasteiger charge is 2.05. The smallest absolute Gasteiger partial charge is 0.145 e. The molecule has 2 aromatic rings. The molecule has 0 aliphatic carbocycles. The molecule has 0 radical (unpaired) electrons. The molecule has 2 rings (SSSR count). The van der Waals surface area contributed by atoms with Gasteiger partial charge in [-0.2, -0.15) is 0 Å². The molecule has 2 nitrogen and oxygen atoms in total. The summed E-state index contributed by atoms with van der Waals surface area (Å²) in [7, 11) is 1.64. The fourth-order valence-electron chi connectivity index (χ4n) is 1.38. The van der Waals surface area contributed by atoms with E-state index in [1.807, 2.05) is 36.4 Å². The van der Waals surface area contributed by atoms with Crippen LogP contribution in [0.3, 0.4) is 0 Å². The maximum Gasteiger partial charge on any atom is 0.145 e. The summed E-state index contributed by atoms with van der Waals surface area (Å²) >= 11 is 5.82. The van der Waals surface area contributed by atoms with Crippen molar-refractivity contribution in [2.45, 2.75) is 0 Å². The highest BCUT2D eigenvalue weighted by Crippen LogP contribution is 2.27. The van der Waals surface area contributed by atoms with E-state index >= 15 is 0 Å². The molecule has 1 aromatic heterocycles. The number of hydrogen-bond donors (Lipinski definition) is 0. The van der Waals surface area contributed by atoms with Gasteiger partial charge in [0.05, 0.1) is 7.11 Å². The maximum absolute atomic E-state index is 5.82. The number of pyridine rings is 1. The zero-order valence-electron chi connectivity index (χ0n) is 8.27. The summed E-state index contributed by atoms with van der Waals surface area (Å²) in [5.74, 6) is 0.764. The van der Waals surface area contributed by atoms with Crippen LogP contribution in [0.15, 0.2) is 42.6 Å². The van der Waals surface area contributed by atoms with Crippen molar-refractivity contribution in [1.29, 1.82) is 0 Å². The number of aromatic nitrogens is 1. The lowest BCUT2D eigenvalue weighted by molar-refractivity contribution is 0.415. The fraction of sp³-hybridized carbons (Fsp3) is 0.0833. The van der Waals surface area contributed by atoms with E-state index in [1.54, 1.807) is 13.3 Å². The van der Waals surface area contributed by atoms with Gasteiger partial charge in [0.15, 0.2) is 0 Å². The van der Waals surface area contributed by atoms with Crippen molar-refractivity contribution in [2.75, 3.05) is 7.11 Å². The Morgan fingerprint density at radius 3 is 2.53 bits per heavy atom. The summed E-state index contributed by atoms with van der Waals surface area (Å²) < 4.78 is 5.23. The Balaban J connectivity index is 2.49. The zero-order chi connectivity index (χ0) is 10.7. The molecule has 0 fully saturated rings. The first kappa shape index (κ1) is 9.99. The van der Waals surface area contributed by atoms with Gasteiger partial charge in [-0.1, -0.05) is 23.7 Å². The van der Waals surface area contributed by atoms with Crippen molar-refractivity contribution >= 4 is 11.6 Å². The molecule has 0 unspecified atom stereocenters. The van der Waals surface area contributed by atoms with E-state index in [0.29, 0.717) is 5.02 Å². The highest BCUT2D eigenvalue weighted by molar-refractivity contribution is 6.30. The number of rotatable bonds is 2. The van der Waals surface area contributed by atoms with Gasteiger partial charge in [-0.25, -0.2) is 0 Å². The van der Waals surface area contributed by atoms with Gasteiger partial charge in [0, 0.05) is 16.8 Å². The molecular formula is C12H10ClNO. The minimum Gasteiger partial charge on any atom is -0.494 e. The third-order valence-electron chi connectivity index (χ3n) is 2.11. The van der Waals surface area contributed by atoms with Gasteiger partial charge in [0.25, 0.3) is 0 Å². The lowest BCUT2D eigenvalue weighted by Crippen LogP contribution is -1.90. The van der Waals surface area contributed by atoms with E-state index < -0.39 is 0 Å². The lowest BCUT2D eigenvalue weighted by atomic mass is 10.1. The van der Waals surface area contributed by atoms with E-state index in [9.17, 15) is 0 Å². The molecular weight excluding hydrogens is 210 g/mol. The van der Waals surface area contributed by atoms with E-state index in [-0.39, 0.29) is 0 Å². The van der Waals surface area contributed by atoms with Gasteiger partial charge in [-0.15, -0.1) is 0 Å². The predicted molar refractivity (Wildman–Crippen MR) is 61.2 cm³/mol.